The van der Waals surface area contributed by atoms with Crippen molar-refractivity contribution < 1.29 is 17.9 Å². The van der Waals surface area contributed by atoms with Gasteiger partial charge in [-0.1, -0.05) is 0 Å². The predicted molar refractivity (Wildman–Crippen MR) is 58.1 cm³/mol. The number of ether oxygens (including phenoxy) is 1. The summed E-state index contributed by atoms with van der Waals surface area (Å²) in [6.07, 6.45) is -4.54. The summed E-state index contributed by atoms with van der Waals surface area (Å²) in [4.78, 5) is 0. The monoisotopic (exact) mass is 256 g/mol. The largest absolute Gasteiger partial charge is 0.476 e. The van der Waals surface area contributed by atoms with Gasteiger partial charge in [-0.05, 0) is 30.8 Å². The molecule has 1 saturated heterocycles. The number of hydrogen-bond donors (Lipinski definition) is 1. The summed E-state index contributed by atoms with van der Waals surface area (Å²) >= 11 is 0. The molecule has 1 N–H and O–H groups in total. The number of nitrogens with zero attached hydrogens (tertiary/aromatic N) is 1. The summed E-state index contributed by atoms with van der Waals surface area (Å²) in [5, 5.41) is 11.3. The van der Waals surface area contributed by atoms with Crippen LogP contribution in [0.15, 0.2) is 24.3 Å². The molecule has 1 aliphatic rings. The first-order chi connectivity index (χ1) is 8.47. The molecule has 6 heteroatoms. The quantitative estimate of drug-likeness (QED) is 0.882. The average Bonchev–Trinajstić information content (AvgIpc) is 2.79. The standard InChI is InChI=1S/C12H11F3N2O/c13-12(14,15)11(5-6-17-8-11)18-10-3-1-9(7-16)2-4-10/h1-4,17H,5-6,8H2. The summed E-state index contributed by atoms with van der Waals surface area (Å²) in [5.74, 6) is 0.120. The van der Waals surface area contributed by atoms with Crippen molar-refractivity contribution in [1.29, 1.82) is 5.26 Å². The van der Waals surface area contributed by atoms with E-state index in [0.717, 1.165) is 0 Å². The second kappa shape index (κ2) is 4.50. The molecule has 0 amide bonds. The number of nitriles is 1. The number of halogens is 3. The molecule has 2 rings (SSSR count). The molecule has 0 bridgehead atoms. The van der Waals surface area contributed by atoms with Crippen LogP contribution in [0.1, 0.15) is 12.0 Å². The molecule has 1 unspecified atom stereocenters. The molecular weight excluding hydrogens is 245 g/mol. The minimum absolute atomic E-state index is 0.115. The molecule has 3 nitrogen and oxygen atoms in total. The molecule has 1 aromatic carbocycles. The zero-order valence-corrected chi connectivity index (χ0v) is 9.42. The number of benzene rings is 1. The van der Waals surface area contributed by atoms with Crippen LogP contribution in [-0.2, 0) is 0 Å². The first-order valence-electron chi connectivity index (χ1n) is 5.43. The van der Waals surface area contributed by atoms with Crippen LogP contribution in [0.5, 0.6) is 5.75 Å². The summed E-state index contributed by atoms with van der Waals surface area (Å²) in [6.45, 7) is 0.0201. The predicted octanol–water partition coefficient (Wildman–Crippen LogP) is 2.23. The number of alkyl halides is 3. The maximum absolute atomic E-state index is 13.0. The number of rotatable bonds is 2. The topological polar surface area (TPSA) is 45.0 Å². The van der Waals surface area contributed by atoms with E-state index in [-0.39, 0.29) is 25.3 Å². The van der Waals surface area contributed by atoms with E-state index in [4.69, 9.17) is 10.00 Å². The zero-order chi connectivity index (χ0) is 13.2. The van der Waals surface area contributed by atoms with Crippen molar-refractivity contribution in [3.63, 3.8) is 0 Å². The Labute approximate surface area is 102 Å². The first kappa shape index (κ1) is 12.7. The van der Waals surface area contributed by atoms with E-state index in [1.807, 2.05) is 6.07 Å². The van der Waals surface area contributed by atoms with Gasteiger partial charge in [0.2, 0.25) is 5.60 Å². The van der Waals surface area contributed by atoms with Gasteiger partial charge in [-0.15, -0.1) is 0 Å². The lowest BCUT2D eigenvalue weighted by molar-refractivity contribution is -0.240. The smallest absolute Gasteiger partial charge is 0.429 e. The Morgan fingerprint density at radius 3 is 2.39 bits per heavy atom. The Balaban J connectivity index is 2.22. The number of nitrogens with one attached hydrogen (secondary N) is 1. The van der Waals surface area contributed by atoms with Crippen molar-refractivity contribution in [3.8, 4) is 11.8 Å². The summed E-state index contributed by atoms with van der Waals surface area (Å²) in [5.41, 5.74) is -1.78. The Bertz CT molecular complexity index is 456. The van der Waals surface area contributed by atoms with Gasteiger partial charge >= 0.3 is 6.18 Å². The Morgan fingerprint density at radius 1 is 1.28 bits per heavy atom. The van der Waals surface area contributed by atoms with Crippen molar-refractivity contribution in [2.45, 2.75) is 18.2 Å². The van der Waals surface area contributed by atoms with Gasteiger partial charge in [-0.2, -0.15) is 18.4 Å². The van der Waals surface area contributed by atoms with Crippen LogP contribution in [0, 0.1) is 11.3 Å². The lowest BCUT2D eigenvalue weighted by Gasteiger charge is -2.31. The van der Waals surface area contributed by atoms with Crippen molar-refractivity contribution in [2.75, 3.05) is 13.1 Å². The fourth-order valence-corrected chi connectivity index (χ4v) is 1.88. The van der Waals surface area contributed by atoms with E-state index in [1.165, 1.54) is 24.3 Å². The third kappa shape index (κ3) is 2.27. The molecular formula is C12H11F3N2O. The molecule has 96 valence electrons. The van der Waals surface area contributed by atoms with Gasteiger partial charge in [0, 0.05) is 13.0 Å². The van der Waals surface area contributed by atoms with Crippen LogP contribution in [0.25, 0.3) is 0 Å². The highest BCUT2D eigenvalue weighted by molar-refractivity contribution is 5.35. The van der Waals surface area contributed by atoms with Gasteiger partial charge in [-0.3, -0.25) is 0 Å². The van der Waals surface area contributed by atoms with Crippen LogP contribution in [0.2, 0.25) is 0 Å². The minimum Gasteiger partial charge on any atom is -0.476 e. The fraction of sp³-hybridized carbons (Fsp3) is 0.417. The molecule has 0 aromatic heterocycles. The highest BCUT2D eigenvalue weighted by atomic mass is 19.4. The van der Waals surface area contributed by atoms with Gasteiger partial charge in [0.05, 0.1) is 11.6 Å². The van der Waals surface area contributed by atoms with E-state index in [9.17, 15) is 13.2 Å². The van der Waals surface area contributed by atoms with E-state index in [2.05, 4.69) is 5.32 Å². The SMILES string of the molecule is N#Cc1ccc(OC2(C(F)(F)F)CCNC2)cc1. The van der Waals surface area contributed by atoms with Crippen molar-refractivity contribution >= 4 is 0 Å². The van der Waals surface area contributed by atoms with Crippen LogP contribution in [-0.4, -0.2) is 24.9 Å². The highest BCUT2D eigenvalue weighted by Gasteiger charge is 2.58. The van der Waals surface area contributed by atoms with Gasteiger partial charge in [-0.25, -0.2) is 0 Å². The Hall–Kier alpha value is -1.74. The second-order valence-corrected chi connectivity index (χ2v) is 4.16. The third-order valence-corrected chi connectivity index (χ3v) is 2.93. The van der Waals surface area contributed by atoms with E-state index in [0.29, 0.717) is 5.56 Å². The van der Waals surface area contributed by atoms with Crippen molar-refractivity contribution in [2.24, 2.45) is 0 Å². The van der Waals surface area contributed by atoms with Gasteiger partial charge < -0.3 is 10.1 Å². The van der Waals surface area contributed by atoms with Gasteiger partial charge in [0.1, 0.15) is 5.75 Å². The summed E-state index contributed by atoms with van der Waals surface area (Å²) in [6, 6.07) is 7.52. The lowest BCUT2D eigenvalue weighted by Crippen LogP contribution is -2.52. The molecule has 18 heavy (non-hydrogen) atoms. The molecule has 0 spiro atoms. The van der Waals surface area contributed by atoms with Crippen LogP contribution >= 0.6 is 0 Å². The molecule has 0 saturated carbocycles. The lowest BCUT2D eigenvalue weighted by atomic mass is 10.0. The molecule has 0 radical (unpaired) electrons. The fourth-order valence-electron chi connectivity index (χ4n) is 1.88. The minimum atomic E-state index is -4.43. The second-order valence-electron chi connectivity index (χ2n) is 4.16. The normalized spacial score (nSPS) is 23.7. The Kier molecular flexibility index (Phi) is 3.18. The van der Waals surface area contributed by atoms with Crippen molar-refractivity contribution in [3.05, 3.63) is 29.8 Å². The van der Waals surface area contributed by atoms with E-state index < -0.39 is 11.8 Å². The first-order valence-corrected chi connectivity index (χ1v) is 5.43. The summed E-state index contributed by atoms with van der Waals surface area (Å²) in [7, 11) is 0. The van der Waals surface area contributed by atoms with Crippen molar-refractivity contribution in [1.82, 2.24) is 5.32 Å². The van der Waals surface area contributed by atoms with Gasteiger partial charge in [0.15, 0.2) is 0 Å². The molecule has 0 aliphatic carbocycles. The zero-order valence-electron chi connectivity index (χ0n) is 9.42. The molecule has 1 heterocycles. The number of hydrogen-bond acceptors (Lipinski definition) is 3. The summed E-state index contributed by atoms with van der Waals surface area (Å²) < 4.78 is 44.2. The van der Waals surface area contributed by atoms with Crippen LogP contribution in [0.3, 0.4) is 0 Å². The average molecular weight is 256 g/mol. The molecule has 1 atom stereocenters. The third-order valence-electron chi connectivity index (χ3n) is 2.93. The molecule has 1 fully saturated rings. The van der Waals surface area contributed by atoms with Crippen LogP contribution < -0.4 is 10.1 Å². The highest BCUT2D eigenvalue weighted by Crippen LogP contribution is 2.38. The molecule has 1 aromatic rings. The van der Waals surface area contributed by atoms with Crippen LogP contribution in [0.4, 0.5) is 13.2 Å². The maximum Gasteiger partial charge on any atom is 0.429 e. The van der Waals surface area contributed by atoms with Gasteiger partial charge in [0.25, 0.3) is 0 Å². The molecule has 1 aliphatic heterocycles. The van der Waals surface area contributed by atoms with E-state index in [1.54, 1.807) is 0 Å². The van der Waals surface area contributed by atoms with E-state index >= 15 is 0 Å². The Morgan fingerprint density at radius 2 is 1.94 bits per heavy atom. The maximum atomic E-state index is 13.0.